The minimum absolute atomic E-state index is 0.272. The fraction of sp³-hybridized carbons (Fsp3) is 0.286. The van der Waals surface area contributed by atoms with Crippen molar-refractivity contribution in [1.82, 2.24) is 15.1 Å². The number of nitrogens with one attached hydrogen (secondary N) is 1. The van der Waals surface area contributed by atoms with Gasteiger partial charge >= 0.3 is 0 Å². The van der Waals surface area contributed by atoms with E-state index in [1.807, 2.05) is 30.5 Å². The van der Waals surface area contributed by atoms with Gasteiger partial charge in [0.15, 0.2) is 0 Å². The molecule has 166 valence electrons. The van der Waals surface area contributed by atoms with Crippen molar-refractivity contribution >= 4 is 6.08 Å². The topological polar surface area (TPSA) is 38.7 Å². The molecule has 0 bridgehead atoms. The van der Waals surface area contributed by atoms with E-state index in [4.69, 9.17) is 0 Å². The minimum atomic E-state index is -0.388. The smallest absolute Gasteiger partial charge is 0.0838 e. The summed E-state index contributed by atoms with van der Waals surface area (Å²) in [5, 5.41) is 13.7. The second-order valence-electron chi connectivity index (χ2n) is 8.37. The zero-order valence-corrected chi connectivity index (χ0v) is 18.6. The average molecular weight is 428 g/mol. The molecule has 0 saturated carbocycles. The highest BCUT2D eigenvalue weighted by molar-refractivity contribution is 5.48. The normalized spacial score (nSPS) is 16.4. The molecule has 32 heavy (non-hydrogen) atoms. The number of rotatable bonds is 9. The average Bonchev–Trinajstić information content (AvgIpc) is 2.85. The molecule has 3 aromatic carbocycles. The summed E-state index contributed by atoms with van der Waals surface area (Å²) >= 11 is 0. The number of aliphatic hydroxyl groups is 1. The van der Waals surface area contributed by atoms with E-state index in [0.717, 1.165) is 31.7 Å². The van der Waals surface area contributed by atoms with Crippen molar-refractivity contribution in [2.75, 3.05) is 39.3 Å². The maximum absolute atomic E-state index is 10.5. The number of β-amino-alcohol motifs (C(OH)–C–C–N with tert-alkyl or cyclic N) is 1. The van der Waals surface area contributed by atoms with E-state index in [1.165, 1.54) is 11.1 Å². The van der Waals surface area contributed by atoms with Crippen LogP contribution >= 0.6 is 0 Å². The van der Waals surface area contributed by atoms with Crippen LogP contribution in [0.1, 0.15) is 22.7 Å². The lowest BCUT2D eigenvalue weighted by Crippen LogP contribution is -2.50. The van der Waals surface area contributed by atoms with Crippen molar-refractivity contribution in [2.45, 2.75) is 12.1 Å². The predicted octanol–water partition coefficient (Wildman–Crippen LogP) is 4.02. The molecule has 0 unspecified atom stereocenters. The Kier molecular flexibility index (Phi) is 8.10. The molecule has 1 aliphatic heterocycles. The Morgan fingerprint density at radius 1 is 0.750 bits per heavy atom. The van der Waals surface area contributed by atoms with Gasteiger partial charge in [-0.15, -0.1) is 0 Å². The number of nitrogens with zero attached hydrogens (tertiary/aromatic N) is 2. The van der Waals surface area contributed by atoms with Crippen molar-refractivity contribution in [3.63, 3.8) is 0 Å². The molecular formula is C28H33N3O. The highest BCUT2D eigenvalue weighted by atomic mass is 16.3. The molecule has 1 saturated heterocycles. The van der Waals surface area contributed by atoms with Crippen LogP contribution in [-0.4, -0.2) is 60.3 Å². The van der Waals surface area contributed by atoms with Crippen molar-refractivity contribution in [1.29, 1.82) is 0 Å². The molecular weight excluding hydrogens is 394 g/mol. The first-order valence-corrected chi connectivity index (χ1v) is 11.5. The van der Waals surface area contributed by atoms with Crippen LogP contribution in [0.15, 0.2) is 97.2 Å². The Morgan fingerprint density at radius 2 is 1.28 bits per heavy atom. The van der Waals surface area contributed by atoms with E-state index in [9.17, 15) is 5.11 Å². The van der Waals surface area contributed by atoms with Crippen LogP contribution in [0.4, 0.5) is 0 Å². The van der Waals surface area contributed by atoms with Gasteiger partial charge in [-0.2, -0.15) is 0 Å². The number of hydrogen-bond acceptors (Lipinski definition) is 4. The second-order valence-corrected chi connectivity index (χ2v) is 8.37. The SMILES string of the molecule is O[C@H](CN/C=C/c1ccccc1)CN1CCN(C(c2ccccc2)c2ccccc2)CC1. The number of benzene rings is 3. The van der Waals surface area contributed by atoms with Gasteiger partial charge in [-0.25, -0.2) is 0 Å². The monoisotopic (exact) mass is 427 g/mol. The third-order valence-corrected chi connectivity index (χ3v) is 6.02. The Hall–Kier alpha value is -2.92. The van der Waals surface area contributed by atoms with Crippen LogP contribution in [0.25, 0.3) is 6.08 Å². The van der Waals surface area contributed by atoms with Crippen molar-refractivity contribution in [2.24, 2.45) is 0 Å². The summed E-state index contributed by atoms with van der Waals surface area (Å²) in [7, 11) is 0. The van der Waals surface area contributed by atoms with Crippen LogP contribution in [0, 0.1) is 0 Å². The zero-order chi connectivity index (χ0) is 22.0. The van der Waals surface area contributed by atoms with Crippen LogP contribution < -0.4 is 5.32 Å². The van der Waals surface area contributed by atoms with Gasteiger partial charge in [-0.3, -0.25) is 9.80 Å². The largest absolute Gasteiger partial charge is 0.390 e. The van der Waals surface area contributed by atoms with Crippen molar-refractivity contribution in [3.05, 3.63) is 114 Å². The third kappa shape index (κ3) is 6.30. The molecule has 1 aliphatic rings. The van der Waals surface area contributed by atoms with Gasteiger partial charge in [0.2, 0.25) is 0 Å². The maximum atomic E-state index is 10.5. The summed E-state index contributed by atoms with van der Waals surface area (Å²) in [6, 6.07) is 32.0. The summed E-state index contributed by atoms with van der Waals surface area (Å²) in [4.78, 5) is 4.94. The number of piperazine rings is 1. The molecule has 1 heterocycles. The molecule has 2 N–H and O–H groups in total. The van der Waals surface area contributed by atoms with Gasteiger partial charge in [0, 0.05) is 39.3 Å². The number of hydrogen-bond donors (Lipinski definition) is 2. The van der Waals surface area contributed by atoms with E-state index >= 15 is 0 Å². The second kappa shape index (κ2) is 11.6. The molecule has 0 radical (unpaired) electrons. The third-order valence-electron chi connectivity index (χ3n) is 6.02. The van der Waals surface area contributed by atoms with Gasteiger partial charge in [0.1, 0.15) is 0 Å². The van der Waals surface area contributed by atoms with Gasteiger partial charge < -0.3 is 10.4 Å². The summed E-state index contributed by atoms with van der Waals surface area (Å²) in [5.41, 5.74) is 3.82. The van der Waals surface area contributed by atoms with Crippen molar-refractivity contribution in [3.8, 4) is 0 Å². The van der Waals surface area contributed by atoms with Gasteiger partial charge in [0.05, 0.1) is 12.1 Å². The van der Waals surface area contributed by atoms with Gasteiger partial charge in [-0.05, 0) is 29.0 Å². The van der Waals surface area contributed by atoms with Crippen LogP contribution in [0.5, 0.6) is 0 Å². The van der Waals surface area contributed by atoms with E-state index in [1.54, 1.807) is 0 Å². The van der Waals surface area contributed by atoms with Gasteiger partial charge in [0.25, 0.3) is 0 Å². The quantitative estimate of drug-likeness (QED) is 0.541. The lowest BCUT2D eigenvalue weighted by molar-refractivity contribution is 0.0637. The lowest BCUT2D eigenvalue weighted by Gasteiger charge is -2.40. The molecule has 0 aliphatic carbocycles. The molecule has 4 rings (SSSR count). The summed E-state index contributed by atoms with van der Waals surface area (Å²) < 4.78 is 0. The van der Waals surface area contributed by atoms with Crippen LogP contribution in [0.3, 0.4) is 0 Å². The summed E-state index contributed by atoms with van der Waals surface area (Å²) in [6.45, 7) is 5.16. The Balaban J connectivity index is 1.27. The first kappa shape index (κ1) is 22.3. The molecule has 0 spiro atoms. The van der Waals surface area contributed by atoms with Crippen LogP contribution in [0.2, 0.25) is 0 Å². The highest BCUT2D eigenvalue weighted by Crippen LogP contribution is 2.29. The zero-order valence-electron chi connectivity index (χ0n) is 18.6. The molecule has 4 nitrogen and oxygen atoms in total. The molecule has 0 aromatic heterocycles. The Labute approximate surface area is 191 Å². The van der Waals surface area contributed by atoms with Crippen LogP contribution in [-0.2, 0) is 0 Å². The minimum Gasteiger partial charge on any atom is -0.390 e. The van der Waals surface area contributed by atoms with E-state index in [-0.39, 0.29) is 12.1 Å². The van der Waals surface area contributed by atoms with E-state index < -0.39 is 0 Å². The first-order valence-electron chi connectivity index (χ1n) is 11.5. The molecule has 4 heteroatoms. The highest BCUT2D eigenvalue weighted by Gasteiger charge is 2.26. The molecule has 0 amide bonds. The summed E-state index contributed by atoms with van der Waals surface area (Å²) in [5.74, 6) is 0. The van der Waals surface area contributed by atoms with Gasteiger partial charge in [-0.1, -0.05) is 91.0 Å². The standard InChI is InChI=1S/C28H33N3O/c32-27(22-29-17-16-24-10-4-1-5-11-24)23-30-18-20-31(21-19-30)28(25-12-6-2-7-13-25)26-14-8-3-9-15-26/h1-17,27-29,32H,18-23H2/b17-16+/t27-/m1/s1. The number of aliphatic hydroxyl groups excluding tert-OH is 1. The molecule has 1 fully saturated rings. The van der Waals surface area contributed by atoms with E-state index in [2.05, 4.69) is 87.9 Å². The molecule has 3 aromatic rings. The lowest BCUT2D eigenvalue weighted by atomic mass is 9.96. The first-order chi connectivity index (χ1) is 15.8. The fourth-order valence-corrected chi connectivity index (χ4v) is 4.37. The fourth-order valence-electron chi connectivity index (χ4n) is 4.37. The maximum Gasteiger partial charge on any atom is 0.0838 e. The molecule has 1 atom stereocenters. The van der Waals surface area contributed by atoms with E-state index in [0.29, 0.717) is 13.1 Å². The Bertz CT molecular complexity index is 899. The van der Waals surface area contributed by atoms with Crippen molar-refractivity contribution < 1.29 is 5.11 Å². The Morgan fingerprint density at radius 3 is 1.84 bits per heavy atom. The predicted molar refractivity (Wildman–Crippen MR) is 132 cm³/mol. The summed E-state index contributed by atoms with van der Waals surface area (Å²) in [6.07, 6.45) is 3.56.